The van der Waals surface area contributed by atoms with Gasteiger partial charge in [0, 0.05) is 29.4 Å². The van der Waals surface area contributed by atoms with Crippen LogP contribution >= 0.6 is 0 Å². The van der Waals surface area contributed by atoms with E-state index in [1.165, 1.54) is 12.5 Å². The maximum Gasteiger partial charge on any atom is 0.337 e. The van der Waals surface area contributed by atoms with E-state index >= 15 is 0 Å². The molecule has 4 heteroatoms. The zero-order valence-corrected chi connectivity index (χ0v) is 14.4. The molecule has 0 unspecified atom stereocenters. The van der Waals surface area contributed by atoms with Gasteiger partial charge in [0.25, 0.3) is 0 Å². The number of fused-ring (bicyclic) bond motifs is 3. The van der Waals surface area contributed by atoms with Crippen LogP contribution < -0.4 is 0 Å². The fourth-order valence-corrected chi connectivity index (χ4v) is 3.01. The number of ether oxygens (including phenoxy) is 2. The molecule has 4 nitrogen and oxygen atoms in total. The fraction of sp³-hybridized carbons (Fsp3) is 0.350. The van der Waals surface area contributed by atoms with Gasteiger partial charge in [0.05, 0.1) is 24.8 Å². The molecule has 126 valence electrons. The summed E-state index contributed by atoms with van der Waals surface area (Å²) >= 11 is 0. The maximum absolute atomic E-state index is 11.9. The molecule has 0 aliphatic carbocycles. The Morgan fingerprint density at radius 3 is 2.58 bits per heavy atom. The Balaban J connectivity index is 2.03. The lowest BCUT2D eigenvalue weighted by Crippen LogP contribution is -2.09. The van der Waals surface area contributed by atoms with Crippen LogP contribution in [0.2, 0.25) is 0 Å². The van der Waals surface area contributed by atoms with E-state index in [0.717, 1.165) is 29.6 Å². The van der Waals surface area contributed by atoms with Crippen LogP contribution in [0.4, 0.5) is 0 Å². The van der Waals surface area contributed by atoms with Crippen LogP contribution in [-0.4, -0.2) is 30.9 Å². The van der Waals surface area contributed by atoms with Crippen LogP contribution in [0, 0.1) is 5.92 Å². The van der Waals surface area contributed by atoms with Gasteiger partial charge in [-0.1, -0.05) is 38.1 Å². The fourth-order valence-electron chi connectivity index (χ4n) is 3.01. The second kappa shape index (κ2) is 7.05. The Kier molecular flexibility index (Phi) is 4.86. The first-order valence-electron chi connectivity index (χ1n) is 8.29. The number of carbonyl (C=O) groups is 1. The molecule has 1 aromatic heterocycles. The van der Waals surface area contributed by atoms with Gasteiger partial charge in [-0.15, -0.1) is 0 Å². The second-order valence-corrected chi connectivity index (χ2v) is 6.36. The van der Waals surface area contributed by atoms with Gasteiger partial charge in [-0.2, -0.15) is 0 Å². The number of methoxy groups -OCH3 is 1. The molecule has 0 fully saturated rings. The van der Waals surface area contributed by atoms with Crippen LogP contribution in [0.25, 0.3) is 21.8 Å². The molecule has 0 aliphatic rings. The van der Waals surface area contributed by atoms with Gasteiger partial charge in [0.15, 0.2) is 0 Å². The third-order valence-electron chi connectivity index (χ3n) is 4.11. The van der Waals surface area contributed by atoms with Crippen LogP contribution in [0.3, 0.4) is 0 Å². The molecule has 0 aliphatic heterocycles. The molecule has 0 saturated heterocycles. The lowest BCUT2D eigenvalue weighted by molar-refractivity contribution is 0.0601. The van der Waals surface area contributed by atoms with Crippen LogP contribution in [0.15, 0.2) is 42.5 Å². The van der Waals surface area contributed by atoms with E-state index in [0.29, 0.717) is 18.1 Å². The first-order chi connectivity index (χ1) is 11.6. The Hall–Kier alpha value is -2.33. The third kappa shape index (κ3) is 3.15. The summed E-state index contributed by atoms with van der Waals surface area (Å²) in [6.45, 7) is 6.44. The highest BCUT2D eigenvalue weighted by atomic mass is 16.5. The van der Waals surface area contributed by atoms with Crippen molar-refractivity contribution in [3.05, 3.63) is 48.0 Å². The van der Waals surface area contributed by atoms with Gasteiger partial charge in [0.1, 0.15) is 0 Å². The van der Waals surface area contributed by atoms with E-state index in [9.17, 15) is 4.79 Å². The lowest BCUT2D eigenvalue weighted by atomic mass is 10.1. The zero-order chi connectivity index (χ0) is 17.1. The number of para-hydroxylation sites is 1. The minimum Gasteiger partial charge on any atom is -0.465 e. The summed E-state index contributed by atoms with van der Waals surface area (Å²) in [6, 6.07) is 14.0. The molecule has 0 N–H and O–H groups in total. The smallest absolute Gasteiger partial charge is 0.337 e. The number of hydrogen-bond acceptors (Lipinski definition) is 3. The molecule has 0 bridgehead atoms. The number of benzene rings is 2. The number of rotatable bonds is 6. The maximum atomic E-state index is 11.9. The van der Waals surface area contributed by atoms with Crippen molar-refractivity contribution in [2.24, 2.45) is 5.92 Å². The number of esters is 1. The zero-order valence-electron chi connectivity index (χ0n) is 14.4. The molecule has 0 amide bonds. The van der Waals surface area contributed by atoms with Gasteiger partial charge in [-0.05, 0) is 24.1 Å². The molecule has 3 rings (SSSR count). The highest BCUT2D eigenvalue weighted by molar-refractivity contribution is 6.09. The Labute approximate surface area is 142 Å². The van der Waals surface area contributed by atoms with Crippen molar-refractivity contribution in [3.63, 3.8) is 0 Å². The van der Waals surface area contributed by atoms with Crippen LogP contribution in [-0.2, 0) is 16.0 Å². The van der Waals surface area contributed by atoms with Crippen molar-refractivity contribution in [1.29, 1.82) is 0 Å². The molecule has 0 spiro atoms. The van der Waals surface area contributed by atoms with Gasteiger partial charge in [-0.3, -0.25) is 0 Å². The number of carbonyl (C=O) groups excluding carboxylic acids is 1. The quantitative estimate of drug-likeness (QED) is 0.502. The predicted molar refractivity (Wildman–Crippen MR) is 96.4 cm³/mol. The van der Waals surface area contributed by atoms with Crippen molar-refractivity contribution in [2.75, 3.05) is 20.3 Å². The Bertz CT molecular complexity index is 864. The van der Waals surface area contributed by atoms with Crippen molar-refractivity contribution in [1.82, 2.24) is 4.57 Å². The molecule has 0 atom stereocenters. The van der Waals surface area contributed by atoms with Gasteiger partial charge in [0.2, 0.25) is 0 Å². The normalized spacial score (nSPS) is 11.5. The molecule has 0 saturated carbocycles. The molecular weight excluding hydrogens is 302 g/mol. The summed E-state index contributed by atoms with van der Waals surface area (Å²) in [5, 5.41) is 2.33. The van der Waals surface area contributed by atoms with E-state index in [2.05, 4.69) is 30.5 Å². The molecule has 2 aromatic carbocycles. The lowest BCUT2D eigenvalue weighted by Gasteiger charge is -2.10. The van der Waals surface area contributed by atoms with Crippen LogP contribution in [0.1, 0.15) is 24.2 Å². The van der Waals surface area contributed by atoms with Crippen molar-refractivity contribution < 1.29 is 14.3 Å². The first-order valence-corrected chi connectivity index (χ1v) is 8.29. The Morgan fingerprint density at radius 2 is 1.83 bits per heavy atom. The molecule has 24 heavy (non-hydrogen) atoms. The van der Waals surface area contributed by atoms with Gasteiger partial charge < -0.3 is 14.0 Å². The highest BCUT2D eigenvalue weighted by Gasteiger charge is 2.13. The predicted octanol–water partition coefficient (Wildman–Crippen LogP) is 4.25. The molecule has 3 aromatic rings. The van der Waals surface area contributed by atoms with Crippen molar-refractivity contribution in [3.8, 4) is 0 Å². The number of hydrogen-bond donors (Lipinski definition) is 0. The summed E-state index contributed by atoms with van der Waals surface area (Å²) in [7, 11) is 1.40. The second-order valence-electron chi connectivity index (χ2n) is 6.36. The minimum atomic E-state index is -0.315. The standard InChI is InChI=1S/C20H23NO3/c1-14(2)13-24-11-10-21-18-7-5-4-6-16(18)17-9-8-15(12-19(17)21)20(22)23-3/h4-9,12,14H,10-11,13H2,1-3H3. The Morgan fingerprint density at radius 1 is 1.08 bits per heavy atom. The highest BCUT2D eigenvalue weighted by Crippen LogP contribution is 2.29. The average molecular weight is 325 g/mol. The first kappa shape index (κ1) is 16.5. The monoisotopic (exact) mass is 325 g/mol. The minimum absolute atomic E-state index is 0.315. The summed E-state index contributed by atoms with van der Waals surface area (Å²) < 4.78 is 12.8. The van der Waals surface area contributed by atoms with Crippen molar-refractivity contribution >= 4 is 27.8 Å². The summed E-state index contributed by atoms with van der Waals surface area (Å²) in [4.78, 5) is 11.9. The summed E-state index contributed by atoms with van der Waals surface area (Å²) in [5.41, 5.74) is 2.76. The van der Waals surface area contributed by atoms with E-state index in [1.54, 1.807) is 0 Å². The van der Waals surface area contributed by atoms with E-state index in [4.69, 9.17) is 9.47 Å². The SMILES string of the molecule is COC(=O)c1ccc2c3ccccc3n(CCOCC(C)C)c2c1. The van der Waals surface area contributed by atoms with Crippen molar-refractivity contribution in [2.45, 2.75) is 20.4 Å². The molecule has 0 radical (unpaired) electrons. The van der Waals surface area contributed by atoms with Crippen LogP contribution in [0.5, 0.6) is 0 Å². The number of aromatic nitrogens is 1. The van der Waals surface area contributed by atoms with E-state index in [-0.39, 0.29) is 5.97 Å². The van der Waals surface area contributed by atoms with E-state index < -0.39 is 0 Å². The topological polar surface area (TPSA) is 40.5 Å². The average Bonchev–Trinajstić information content (AvgIpc) is 2.91. The van der Waals surface area contributed by atoms with Gasteiger partial charge >= 0.3 is 5.97 Å². The number of nitrogens with zero attached hydrogens (tertiary/aromatic N) is 1. The summed E-state index contributed by atoms with van der Waals surface area (Å²) in [6.07, 6.45) is 0. The third-order valence-corrected chi connectivity index (χ3v) is 4.11. The van der Waals surface area contributed by atoms with E-state index in [1.807, 2.05) is 30.3 Å². The van der Waals surface area contributed by atoms with Gasteiger partial charge in [-0.25, -0.2) is 4.79 Å². The largest absolute Gasteiger partial charge is 0.465 e. The molecular formula is C20H23NO3. The summed E-state index contributed by atoms with van der Waals surface area (Å²) in [5.74, 6) is 0.207. The molecule has 1 heterocycles.